The molecule has 0 radical (unpaired) electrons. The second-order valence-corrected chi connectivity index (χ2v) is 8.22. The Hall–Kier alpha value is -0.890. The lowest BCUT2D eigenvalue weighted by Gasteiger charge is -2.57. The van der Waals surface area contributed by atoms with Gasteiger partial charge in [-0.25, -0.2) is 0 Å². The molecule has 0 spiro atoms. The predicted molar refractivity (Wildman–Crippen MR) is 91.6 cm³/mol. The minimum Gasteiger partial charge on any atom is -0.392 e. The molecule has 2 aliphatic rings. The zero-order chi connectivity index (χ0) is 16.5. The van der Waals surface area contributed by atoms with Crippen molar-refractivity contribution in [3.63, 3.8) is 0 Å². The van der Waals surface area contributed by atoms with Crippen LogP contribution in [0.2, 0.25) is 0 Å². The summed E-state index contributed by atoms with van der Waals surface area (Å²) in [7, 11) is 0. The van der Waals surface area contributed by atoms with Gasteiger partial charge in [-0.05, 0) is 56.3 Å². The summed E-state index contributed by atoms with van der Waals surface area (Å²) in [6, 6.07) is 0. The first-order chi connectivity index (χ1) is 10.2. The van der Waals surface area contributed by atoms with Crippen LogP contribution in [0.25, 0.3) is 0 Å². The molecule has 3 atom stereocenters. The van der Waals surface area contributed by atoms with Crippen LogP contribution < -0.4 is 0 Å². The van der Waals surface area contributed by atoms with Gasteiger partial charge < -0.3 is 5.11 Å². The molecule has 0 aromatic heterocycles. The van der Waals surface area contributed by atoms with E-state index in [9.17, 15) is 4.79 Å². The number of hydrogen-bond donors (Lipinski definition) is 1. The third-order valence-corrected chi connectivity index (χ3v) is 6.59. The number of Topliss-reactive ketones (excluding diaryl/α,β-unsaturated/α-hetero) is 1. The maximum Gasteiger partial charge on any atom is 0.138 e. The second-order valence-electron chi connectivity index (χ2n) is 8.22. The number of hydrogen-bond acceptors (Lipinski definition) is 2. The quantitative estimate of drug-likeness (QED) is 0.765. The Morgan fingerprint density at radius 2 is 2.05 bits per heavy atom. The van der Waals surface area contributed by atoms with Crippen LogP contribution in [-0.2, 0) is 4.79 Å². The van der Waals surface area contributed by atoms with Gasteiger partial charge in [-0.3, -0.25) is 4.79 Å². The highest BCUT2D eigenvalue weighted by molar-refractivity contribution is 5.85. The average molecular weight is 304 g/mol. The number of carbonyl (C=O) groups excluding carboxylic acids is 1. The van der Waals surface area contributed by atoms with E-state index >= 15 is 0 Å². The SMILES string of the molecule is C=C1CC[C@@H]2C(C)(C)C(=O)CC[C@@]2(C)[C@@H]1CC/C(C)=C/CO. The van der Waals surface area contributed by atoms with Gasteiger partial charge in [0, 0.05) is 11.8 Å². The first kappa shape index (κ1) is 17.5. The molecular formula is C20H32O2. The van der Waals surface area contributed by atoms with E-state index in [1.807, 2.05) is 6.08 Å². The molecule has 22 heavy (non-hydrogen) atoms. The smallest absolute Gasteiger partial charge is 0.138 e. The van der Waals surface area contributed by atoms with Crippen molar-refractivity contribution in [3.05, 3.63) is 23.8 Å². The zero-order valence-corrected chi connectivity index (χ0v) is 14.7. The third kappa shape index (κ3) is 2.95. The molecule has 0 heterocycles. The summed E-state index contributed by atoms with van der Waals surface area (Å²) < 4.78 is 0. The predicted octanol–water partition coefficient (Wildman–Crippen LogP) is 4.68. The Kier molecular flexibility index (Phi) is 5.01. The molecule has 0 amide bonds. The Labute approximate surface area is 135 Å². The zero-order valence-electron chi connectivity index (χ0n) is 14.7. The largest absolute Gasteiger partial charge is 0.392 e. The minimum absolute atomic E-state index is 0.124. The third-order valence-electron chi connectivity index (χ3n) is 6.59. The lowest BCUT2D eigenvalue weighted by atomic mass is 9.47. The van der Waals surface area contributed by atoms with Crippen molar-refractivity contribution in [3.8, 4) is 0 Å². The van der Waals surface area contributed by atoms with Crippen LogP contribution in [0.15, 0.2) is 23.8 Å². The van der Waals surface area contributed by atoms with Crippen molar-refractivity contribution >= 4 is 5.78 Å². The van der Waals surface area contributed by atoms with Gasteiger partial charge in [-0.2, -0.15) is 0 Å². The molecule has 0 aromatic carbocycles. The standard InChI is InChI=1S/C20H32O2/c1-14(11-13-21)6-8-16-15(2)7-9-17-19(3,4)18(22)10-12-20(16,17)5/h11,16-17,21H,2,6-10,12-13H2,1,3-5H3/b14-11+/t16-,17-,20+/m1/s1. The van der Waals surface area contributed by atoms with Gasteiger partial charge in [-0.15, -0.1) is 0 Å². The van der Waals surface area contributed by atoms with Crippen LogP contribution in [0.1, 0.15) is 66.2 Å². The fourth-order valence-corrected chi connectivity index (χ4v) is 5.14. The Morgan fingerprint density at radius 1 is 1.36 bits per heavy atom. The van der Waals surface area contributed by atoms with Crippen LogP contribution in [0.5, 0.6) is 0 Å². The van der Waals surface area contributed by atoms with Gasteiger partial charge in [-0.1, -0.05) is 44.6 Å². The van der Waals surface area contributed by atoms with Crippen LogP contribution in [0.3, 0.4) is 0 Å². The Balaban J connectivity index is 2.23. The van der Waals surface area contributed by atoms with Gasteiger partial charge in [0.25, 0.3) is 0 Å². The van der Waals surface area contributed by atoms with E-state index in [1.165, 1.54) is 11.1 Å². The van der Waals surface area contributed by atoms with Gasteiger partial charge in [0.1, 0.15) is 5.78 Å². The summed E-state index contributed by atoms with van der Waals surface area (Å²) in [4.78, 5) is 12.4. The molecule has 2 nitrogen and oxygen atoms in total. The molecule has 0 saturated heterocycles. The van der Waals surface area contributed by atoms with Crippen LogP contribution in [0, 0.1) is 22.7 Å². The molecule has 2 saturated carbocycles. The number of allylic oxidation sites excluding steroid dienone is 2. The minimum atomic E-state index is -0.193. The van der Waals surface area contributed by atoms with Crippen molar-refractivity contribution in [2.75, 3.05) is 6.61 Å². The van der Waals surface area contributed by atoms with Crippen molar-refractivity contribution in [1.29, 1.82) is 0 Å². The number of aliphatic hydroxyl groups is 1. The van der Waals surface area contributed by atoms with E-state index in [2.05, 4.69) is 34.3 Å². The molecule has 0 aliphatic heterocycles. The number of rotatable bonds is 4. The first-order valence-electron chi connectivity index (χ1n) is 8.71. The van der Waals surface area contributed by atoms with Crippen molar-refractivity contribution in [1.82, 2.24) is 0 Å². The van der Waals surface area contributed by atoms with Crippen LogP contribution >= 0.6 is 0 Å². The summed E-state index contributed by atoms with van der Waals surface area (Å²) in [5.74, 6) is 1.41. The number of fused-ring (bicyclic) bond motifs is 1. The normalized spacial score (nSPS) is 35.4. The summed E-state index contributed by atoms with van der Waals surface area (Å²) in [5.41, 5.74) is 2.64. The highest BCUT2D eigenvalue weighted by Gasteiger charge is 2.55. The maximum atomic E-state index is 12.4. The summed E-state index contributed by atoms with van der Waals surface area (Å²) in [5, 5.41) is 9.03. The lowest BCUT2D eigenvalue weighted by molar-refractivity contribution is -0.144. The van der Waals surface area contributed by atoms with Gasteiger partial charge >= 0.3 is 0 Å². The van der Waals surface area contributed by atoms with E-state index < -0.39 is 0 Å². The highest BCUT2D eigenvalue weighted by Crippen LogP contribution is 2.60. The lowest BCUT2D eigenvalue weighted by Crippen LogP contribution is -2.53. The summed E-state index contributed by atoms with van der Waals surface area (Å²) in [6.07, 6.45) is 7.90. The molecule has 0 bridgehead atoms. The number of carbonyl (C=O) groups is 1. The molecule has 0 unspecified atom stereocenters. The van der Waals surface area contributed by atoms with E-state index in [0.29, 0.717) is 17.6 Å². The van der Waals surface area contributed by atoms with Gasteiger partial charge in [0.05, 0.1) is 6.61 Å². The molecule has 2 heteroatoms. The van der Waals surface area contributed by atoms with Crippen LogP contribution in [0.4, 0.5) is 0 Å². The van der Waals surface area contributed by atoms with E-state index in [4.69, 9.17) is 5.11 Å². The van der Waals surface area contributed by atoms with Gasteiger partial charge in [0.2, 0.25) is 0 Å². The van der Waals surface area contributed by atoms with Crippen molar-refractivity contribution in [2.24, 2.45) is 22.7 Å². The molecule has 124 valence electrons. The monoisotopic (exact) mass is 304 g/mol. The number of ketones is 1. The molecule has 2 rings (SSSR count). The van der Waals surface area contributed by atoms with E-state index in [0.717, 1.165) is 38.5 Å². The second kappa shape index (κ2) is 6.31. The molecule has 2 aliphatic carbocycles. The molecule has 1 N–H and O–H groups in total. The topological polar surface area (TPSA) is 37.3 Å². The highest BCUT2D eigenvalue weighted by atomic mass is 16.2. The first-order valence-corrected chi connectivity index (χ1v) is 8.71. The average Bonchev–Trinajstić information content (AvgIpc) is 2.43. The van der Waals surface area contributed by atoms with E-state index in [-0.39, 0.29) is 17.4 Å². The Bertz CT molecular complexity index is 486. The summed E-state index contributed by atoms with van der Waals surface area (Å²) in [6.45, 7) is 13.3. The molecule has 0 aromatic rings. The van der Waals surface area contributed by atoms with Gasteiger partial charge in [0.15, 0.2) is 0 Å². The summed E-state index contributed by atoms with van der Waals surface area (Å²) >= 11 is 0. The van der Waals surface area contributed by atoms with Crippen LogP contribution in [-0.4, -0.2) is 17.5 Å². The molecular weight excluding hydrogens is 272 g/mol. The van der Waals surface area contributed by atoms with Crippen molar-refractivity contribution in [2.45, 2.75) is 66.2 Å². The fourth-order valence-electron chi connectivity index (χ4n) is 5.14. The maximum absolute atomic E-state index is 12.4. The number of aliphatic hydroxyl groups excluding tert-OH is 1. The van der Waals surface area contributed by atoms with E-state index in [1.54, 1.807) is 0 Å². The van der Waals surface area contributed by atoms with Crippen molar-refractivity contribution < 1.29 is 9.90 Å². The Morgan fingerprint density at radius 3 is 2.68 bits per heavy atom. The molecule has 2 fully saturated rings. The fraction of sp³-hybridized carbons (Fsp3) is 0.750.